The zero-order valence-electron chi connectivity index (χ0n) is 17.5. The van der Waals surface area contributed by atoms with Crippen LogP contribution >= 0.6 is 0 Å². The predicted molar refractivity (Wildman–Crippen MR) is 114 cm³/mol. The molecule has 5 nitrogen and oxygen atoms in total. The van der Waals surface area contributed by atoms with Gasteiger partial charge in [0.25, 0.3) is 5.91 Å². The van der Waals surface area contributed by atoms with Gasteiger partial charge in [-0.25, -0.2) is 0 Å². The summed E-state index contributed by atoms with van der Waals surface area (Å²) < 4.78 is 10.9. The molecular weight excluding hydrogens is 364 g/mol. The quantitative estimate of drug-likeness (QED) is 0.806. The van der Waals surface area contributed by atoms with Crippen LogP contribution in [-0.2, 0) is 6.54 Å². The van der Waals surface area contributed by atoms with E-state index in [1.54, 1.807) is 14.2 Å². The highest BCUT2D eigenvalue weighted by atomic mass is 16.5. The Labute approximate surface area is 173 Å². The fourth-order valence-electron chi connectivity index (χ4n) is 4.92. The second-order valence-corrected chi connectivity index (χ2v) is 8.19. The largest absolute Gasteiger partial charge is 0.497 e. The molecule has 2 aromatic rings. The second kappa shape index (κ2) is 8.46. The molecule has 154 valence electrons. The van der Waals surface area contributed by atoms with E-state index in [0.717, 1.165) is 42.0 Å². The minimum Gasteiger partial charge on any atom is -0.497 e. The van der Waals surface area contributed by atoms with E-state index < -0.39 is 0 Å². The Kier molecular flexibility index (Phi) is 5.76. The molecule has 0 saturated carbocycles. The van der Waals surface area contributed by atoms with Crippen LogP contribution in [0.4, 0.5) is 0 Å². The van der Waals surface area contributed by atoms with Crippen LogP contribution in [0.1, 0.15) is 47.2 Å². The van der Waals surface area contributed by atoms with E-state index >= 15 is 0 Å². The molecule has 5 heteroatoms. The molecule has 2 fully saturated rings. The third-order valence-electron chi connectivity index (χ3n) is 6.46. The van der Waals surface area contributed by atoms with Crippen molar-refractivity contribution in [2.24, 2.45) is 0 Å². The van der Waals surface area contributed by atoms with E-state index in [2.05, 4.69) is 16.3 Å². The third kappa shape index (κ3) is 4.10. The molecule has 2 heterocycles. The Balaban J connectivity index is 1.42. The third-order valence-corrected chi connectivity index (χ3v) is 6.46. The van der Waals surface area contributed by atoms with Gasteiger partial charge >= 0.3 is 0 Å². The lowest BCUT2D eigenvalue weighted by Crippen LogP contribution is -2.50. The van der Waals surface area contributed by atoms with E-state index in [1.807, 2.05) is 43.3 Å². The van der Waals surface area contributed by atoms with Gasteiger partial charge in [-0.05, 0) is 50.3 Å². The van der Waals surface area contributed by atoms with Gasteiger partial charge in [0.05, 0.1) is 14.2 Å². The zero-order valence-corrected chi connectivity index (χ0v) is 17.5. The van der Waals surface area contributed by atoms with Gasteiger partial charge in [0.15, 0.2) is 0 Å². The monoisotopic (exact) mass is 394 g/mol. The number of rotatable bonds is 6. The summed E-state index contributed by atoms with van der Waals surface area (Å²) in [6.07, 6.45) is 4.40. The van der Waals surface area contributed by atoms with Crippen molar-refractivity contribution in [3.8, 4) is 11.5 Å². The lowest BCUT2D eigenvalue weighted by Gasteiger charge is -2.39. The molecule has 0 spiro atoms. The topological polar surface area (TPSA) is 50.8 Å². The summed E-state index contributed by atoms with van der Waals surface area (Å²) in [5.41, 5.74) is 3.00. The highest BCUT2D eigenvalue weighted by Crippen LogP contribution is 2.38. The first-order valence-corrected chi connectivity index (χ1v) is 10.4. The van der Waals surface area contributed by atoms with E-state index in [1.165, 1.54) is 18.4 Å². The van der Waals surface area contributed by atoms with Crippen LogP contribution in [0.2, 0.25) is 0 Å². The van der Waals surface area contributed by atoms with Crippen molar-refractivity contribution < 1.29 is 14.3 Å². The lowest BCUT2D eigenvalue weighted by molar-refractivity contribution is 0.0825. The maximum absolute atomic E-state index is 12.7. The lowest BCUT2D eigenvalue weighted by atomic mass is 9.95. The fourth-order valence-corrected chi connectivity index (χ4v) is 4.92. The molecule has 4 rings (SSSR count). The van der Waals surface area contributed by atoms with Crippen molar-refractivity contribution in [1.29, 1.82) is 0 Å². The van der Waals surface area contributed by atoms with Crippen LogP contribution in [0.25, 0.3) is 0 Å². The summed E-state index contributed by atoms with van der Waals surface area (Å²) in [5, 5.41) is 3.29. The van der Waals surface area contributed by atoms with Crippen molar-refractivity contribution in [2.45, 2.75) is 57.3 Å². The molecule has 29 heavy (non-hydrogen) atoms. The van der Waals surface area contributed by atoms with Crippen molar-refractivity contribution in [3.05, 3.63) is 59.2 Å². The van der Waals surface area contributed by atoms with Crippen LogP contribution in [0.15, 0.2) is 42.5 Å². The second-order valence-electron chi connectivity index (χ2n) is 8.19. The van der Waals surface area contributed by atoms with Gasteiger partial charge < -0.3 is 14.8 Å². The van der Waals surface area contributed by atoms with E-state index in [0.29, 0.717) is 12.1 Å². The van der Waals surface area contributed by atoms with Gasteiger partial charge in [0.2, 0.25) is 0 Å². The highest BCUT2D eigenvalue weighted by molar-refractivity contribution is 5.95. The van der Waals surface area contributed by atoms with Gasteiger partial charge in [-0.2, -0.15) is 0 Å². The van der Waals surface area contributed by atoms with Crippen LogP contribution in [0.3, 0.4) is 0 Å². The highest BCUT2D eigenvalue weighted by Gasteiger charge is 2.41. The normalized spacial score (nSPS) is 23.6. The predicted octanol–water partition coefficient (Wildman–Crippen LogP) is 3.94. The number of amides is 1. The van der Waals surface area contributed by atoms with Crippen LogP contribution in [0.5, 0.6) is 11.5 Å². The molecule has 0 aliphatic carbocycles. The number of benzene rings is 2. The molecule has 2 atom stereocenters. The Morgan fingerprint density at radius 2 is 1.79 bits per heavy atom. The van der Waals surface area contributed by atoms with Crippen LogP contribution < -0.4 is 14.8 Å². The number of carbonyl (C=O) groups is 1. The Bertz CT molecular complexity index is 868. The van der Waals surface area contributed by atoms with Crippen molar-refractivity contribution in [1.82, 2.24) is 10.2 Å². The van der Waals surface area contributed by atoms with Crippen molar-refractivity contribution in [2.75, 3.05) is 14.2 Å². The molecule has 2 unspecified atom stereocenters. The summed E-state index contributed by atoms with van der Waals surface area (Å²) in [6, 6.07) is 15.1. The van der Waals surface area contributed by atoms with Gasteiger partial charge in [-0.1, -0.05) is 24.3 Å². The number of aryl methyl sites for hydroxylation is 1. The number of hydrogen-bond acceptors (Lipinski definition) is 4. The number of carbonyl (C=O) groups excluding carboxylic acids is 1. The molecule has 2 bridgehead atoms. The molecule has 0 aromatic heterocycles. The van der Waals surface area contributed by atoms with E-state index in [9.17, 15) is 4.79 Å². The van der Waals surface area contributed by atoms with Gasteiger partial charge in [0, 0.05) is 41.9 Å². The van der Waals surface area contributed by atoms with Crippen LogP contribution in [0, 0.1) is 6.92 Å². The number of ether oxygens (including phenoxy) is 2. The minimum atomic E-state index is 0.0535. The average Bonchev–Trinajstić information content (AvgIpc) is 2.96. The van der Waals surface area contributed by atoms with E-state index in [-0.39, 0.29) is 11.9 Å². The summed E-state index contributed by atoms with van der Waals surface area (Å²) >= 11 is 0. The van der Waals surface area contributed by atoms with E-state index in [4.69, 9.17) is 9.47 Å². The number of nitrogens with one attached hydrogen (secondary N) is 1. The number of fused-ring (bicyclic) bond motifs is 2. The van der Waals surface area contributed by atoms with Gasteiger partial charge in [-0.15, -0.1) is 0 Å². The Morgan fingerprint density at radius 1 is 1.07 bits per heavy atom. The molecule has 1 amide bonds. The summed E-state index contributed by atoms with van der Waals surface area (Å²) in [6.45, 7) is 2.87. The summed E-state index contributed by atoms with van der Waals surface area (Å²) in [4.78, 5) is 15.3. The number of piperidine rings is 1. The van der Waals surface area contributed by atoms with Crippen molar-refractivity contribution in [3.63, 3.8) is 0 Å². The Morgan fingerprint density at radius 3 is 2.45 bits per heavy atom. The molecule has 1 N–H and O–H groups in total. The first-order valence-electron chi connectivity index (χ1n) is 10.4. The smallest absolute Gasteiger partial charge is 0.251 e. The molecule has 0 radical (unpaired) electrons. The maximum Gasteiger partial charge on any atom is 0.251 e. The number of methoxy groups -OCH3 is 2. The SMILES string of the molecule is COc1ccc(CN2C3CCC2CC(NC(=O)c2ccccc2C)C3)c(OC)c1. The summed E-state index contributed by atoms with van der Waals surface area (Å²) in [5.74, 6) is 1.74. The average molecular weight is 395 g/mol. The summed E-state index contributed by atoms with van der Waals surface area (Å²) in [7, 11) is 3.38. The first-order chi connectivity index (χ1) is 14.1. The number of nitrogens with zero attached hydrogens (tertiary/aromatic N) is 1. The maximum atomic E-state index is 12.7. The first kappa shape index (κ1) is 19.8. The molecule has 2 aromatic carbocycles. The van der Waals surface area contributed by atoms with Crippen LogP contribution in [-0.4, -0.2) is 43.2 Å². The van der Waals surface area contributed by atoms with Crippen molar-refractivity contribution >= 4 is 5.91 Å². The van der Waals surface area contributed by atoms with Gasteiger partial charge in [0.1, 0.15) is 11.5 Å². The van der Waals surface area contributed by atoms with Gasteiger partial charge in [-0.3, -0.25) is 9.69 Å². The standard InChI is InChI=1S/C24H30N2O3/c1-16-6-4-5-7-22(16)24(27)25-18-12-19-9-10-20(13-18)26(19)15-17-8-11-21(28-2)14-23(17)29-3/h4-8,11,14,18-20H,9-10,12-13,15H2,1-3H3,(H,25,27). The molecular formula is C24H30N2O3. The Hall–Kier alpha value is -2.53. The molecule has 2 aliphatic rings. The molecule has 2 aliphatic heterocycles. The minimum absolute atomic E-state index is 0.0535. The number of hydrogen-bond donors (Lipinski definition) is 1. The zero-order chi connectivity index (χ0) is 20.4. The fraction of sp³-hybridized carbons (Fsp3) is 0.458. The molecule has 2 saturated heterocycles.